The lowest BCUT2D eigenvalue weighted by atomic mass is 10.1. The number of rotatable bonds is 3. The molecule has 0 spiro atoms. The molecule has 0 fully saturated rings. The number of hydrogen-bond donors (Lipinski definition) is 1. The molecule has 0 radical (unpaired) electrons. The van der Waals surface area contributed by atoms with Gasteiger partial charge in [0, 0.05) is 18.8 Å². The van der Waals surface area contributed by atoms with E-state index in [1.54, 1.807) is 12.4 Å². The Morgan fingerprint density at radius 1 is 1.43 bits per heavy atom. The highest BCUT2D eigenvalue weighted by Crippen LogP contribution is 2.08. The van der Waals surface area contributed by atoms with Crippen molar-refractivity contribution in [3.63, 3.8) is 0 Å². The van der Waals surface area contributed by atoms with Crippen LogP contribution in [0, 0.1) is 12.8 Å². The zero-order chi connectivity index (χ0) is 10.6. The summed E-state index contributed by atoms with van der Waals surface area (Å²) in [6.07, 6.45) is 3.68. The van der Waals surface area contributed by atoms with Gasteiger partial charge in [-0.1, -0.05) is 13.8 Å². The van der Waals surface area contributed by atoms with Crippen LogP contribution in [0.25, 0.3) is 0 Å². The van der Waals surface area contributed by atoms with Crippen LogP contribution in [0.5, 0.6) is 0 Å². The maximum atomic E-state index is 11.4. The Bertz CT molecular complexity index is 323. The Kier molecular flexibility index (Phi) is 3.56. The van der Waals surface area contributed by atoms with Crippen LogP contribution in [0.4, 0.5) is 5.82 Å². The standard InChI is InChI=1S/C10H15N3O/c1-7(2)6-9(14)13-10-8(3)11-4-5-12-10/h4-5,7H,6H2,1-3H3,(H,12,13,14). The van der Waals surface area contributed by atoms with Gasteiger partial charge in [-0.05, 0) is 12.8 Å². The van der Waals surface area contributed by atoms with Crippen molar-refractivity contribution >= 4 is 11.7 Å². The number of carbonyl (C=O) groups is 1. The largest absolute Gasteiger partial charge is 0.309 e. The first-order valence-electron chi connectivity index (χ1n) is 4.67. The van der Waals surface area contributed by atoms with Gasteiger partial charge in [0.2, 0.25) is 5.91 Å². The second-order valence-corrected chi connectivity index (χ2v) is 3.64. The van der Waals surface area contributed by atoms with Crippen molar-refractivity contribution in [3.8, 4) is 0 Å². The number of hydrogen-bond acceptors (Lipinski definition) is 3. The minimum atomic E-state index is -0.0106. The molecule has 1 heterocycles. The van der Waals surface area contributed by atoms with Crippen molar-refractivity contribution in [3.05, 3.63) is 18.1 Å². The highest BCUT2D eigenvalue weighted by molar-refractivity contribution is 5.90. The van der Waals surface area contributed by atoms with E-state index in [2.05, 4.69) is 15.3 Å². The number of carbonyl (C=O) groups excluding carboxylic acids is 1. The average molecular weight is 193 g/mol. The van der Waals surface area contributed by atoms with Crippen LogP contribution < -0.4 is 5.32 Å². The molecule has 0 aliphatic rings. The average Bonchev–Trinajstić information content (AvgIpc) is 2.07. The van der Waals surface area contributed by atoms with Crippen molar-refractivity contribution in [1.29, 1.82) is 0 Å². The molecule has 0 saturated carbocycles. The van der Waals surface area contributed by atoms with Crippen LogP contribution in [0.15, 0.2) is 12.4 Å². The second-order valence-electron chi connectivity index (χ2n) is 3.64. The Balaban J connectivity index is 2.61. The van der Waals surface area contributed by atoms with Gasteiger partial charge >= 0.3 is 0 Å². The summed E-state index contributed by atoms with van der Waals surface area (Å²) in [5.41, 5.74) is 0.740. The van der Waals surface area contributed by atoms with E-state index < -0.39 is 0 Å². The van der Waals surface area contributed by atoms with E-state index >= 15 is 0 Å². The second kappa shape index (κ2) is 4.69. The zero-order valence-electron chi connectivity index (χ0n) is 8.74. The smallest absolute Gasteiger partial charge is 0.225 e. The normalized spacial score (nSPS) is 10.3. The summed E-state index contributed by atoms with van der Waals surface area (Å²) < 4.78 is 0. The summed E-state index contributed by atoms with van der Waals surface area (Å²) in [5, 5.41) is 2.73. The van der Waals surface area contributed by atoms with E-state index in [1.165, 1.54) is 0 Å². The van der Waals surface area contributed by atoms with Crippen molar-refractivity contribution < 1.29 is 4.79 Å². The molecule has 4 nitrogen and oxygen atoms in total. The van der Waals surface area contributed by atoms with Crippen LogP contribution in [-0.2, 0) is 4.79 Å². The lowest BCUT2D eigenvalue weighted by Crippen LogP contribution is -2.15. The van der Waals surface area contributed by atoms with E-state index in [9.17, 15) is 4.79 Å². The molecule has 1 amide bonds. The van der Waals surface area contributed by atoms with Crippen molar-refractivity contribution in [2.24, 2.45) is 5.92 Å². The highest BCUT2D eigenvalue weighted by atomic mass is 16.1. The molecule has 0 aliphatic heterocycles. The predicted molar refractivity (Wildman–Crippen MR) is 54.9 cm³/mol. The van der Waals surface area contributed by atoms with Gasteiger partial charge in [0.1, 0.15) is 0 Å². The van der Waals surface area contributed by atoms with Gasteiger partial charge in [0.25, 0.3) is 0 Å². The van der Waals surface area contributed by atoms with Crippen LogP contribution in [-0.4, -0.2) is 15.9 Å². The molecule has 0 unspecified atom stereocenters. The van der Waals surface area contributed by atoms with E-state index in [-0.39, 0.29) is 5.91 Å². The van der Waals surface area contributed by atoms with Crippen LogP contribution in [0.3, 0.4) is 0 Å². The molecule has 4 heteroatoms. The lowest BCUT2D eigenvalue weighted by Gasteiger charge is -2.07. The first-order valence-corrected chi connectivity index (χ1v) is 4.67. The molecule has 0 bridgehead atoms. The van der Waals surface area contributed by atoms with Gasteiger partial charge in [-0.15, -0.1) is 0 Å². The molecule has 0 atom stereocenters. The molecule has 1 aromatic rings. The van der Waals surface area contributed by atoms with Crippen LogP contribution in [0.2, 0.25) is 0 Å². The van der Waals surface area contributed by atoms with E-state index in [0.717, 1.165) is 5.69 Å². The van der Waals surface area contributed by atoms with Gasteiger partial charge < -0.3 is 5.32 Å². The summed E-state index contributed by atoms with van der Waals surface area (Å²) in [6.45, 7) is 5.82. The monoisotopic (exact) mass is 193 g/mol. The topological polar surface area (TPSA) is 54.9 Å². The van der Waals surface area contributed by atoms with Crippen LogP contribution in [0.1, 0.15) is 26.0 Å². The Labute approximate surface area is 83.8 Å². The third kappa shape index (κ3) is 3.12. The Morgan fingerprint density at radius 2 is 2.07 bits per heavy atom. The SMILES string of the molecule is Cc1nccnc1NC(=O)CC(C)C. The molecule has 76 valence electrons. The Hall–Kier alpha value is -1.45. The molecule has 1 rings (SSSR count). The fourth-order valence-electron chi connectivity index (χ4n) is 1.08. The number of aromatic nitrogens is 2. The fourth-order valence-corrected chi connectivity index (χ4v) is 1.08. The molecule has 14 heavy (non-hydrogen) atoms. The van der Waals surface area contributed by atoms with Crippen molar-refractivity contribution in [2.75, 3.05) is 5.32 Å². The molecule has 0 aliphatic carbocycles. The summed E-state index contributed by atoms with van der Waals surface area (Å²) in [4.78, 5) is 19.5. The fraction of sp³-hybridized carbons (Fsp3) is 0.500. The van der Waals surface area contributed by atoms with Crippen LogP contribution >= 0.6 is 0 Å². The highest BCUT2D eigenvalue weighted by Gasteiger charge is 2.07. The third-order valence-corrected chi connectivity index (χ3v) is 1.73. The van der Waals surface area contributed by atoms with Gasteiger partial charge in [-0.25, -0.2) is 4.98 Å². The first-order chi connectivity index (χ1) is 6.59. The van der Waals surface area contributed by atoms with Gasteiger partial charge in [0.15, 0.2) is 5.82 Å². The predicted octanol–water partition coefficient (Wildman–Crippen LogP) is 1.77. The molecule has 0 saturated heterocycles. The molecule has 1 N–H and O–H groups in total. The van der Waals surface area contributed by atoms with E-state index in [0.29, 0.717) is 18.2 Å². The lowest BCUT2D eigenvalue weighted by molar-refractivity contribution is -0.116. The van der Waals surface area contributed by atoms with Crippen molar-refractivity contribution in [2.45, 2.75) is 27.2 Å². The molecular formula is C10H15N3O. The van der Waals surface area contributed by atoms with Crippen molar-refractivity contribution in [1.82, 2.24) is 9.97 Å². The number of nitrogens with zero attached hydrogens (tertiary/aromatic N) is 2. The maximum Gasteiger partial charge on any atom is 0.225 e. The minimum Gasteiger partial charge on any atom is -0.309 e. The number of aryl methyl sites for hydroxylation is 1. The third-order valence-electron chi connectivity index (χ3n) is 1.73. The summed E-state index contributed by atoms with van der Waals surface area (Å²) in [6, 6.07) is 0. The molecule has 0 aromatic carbocycles. The molecule has 1 aromatic heterocycles. The number of nitrogens with one attached hydrogen (secondary N) is 1. The van der Waals surface area contributed by atoms with Gasteiger partial charge in [-0.2, -0.15) is 0 Å². The molecular weight excluding hydrogens is 178 g/mol. The van der Waals surface area contributed by atoms with Gasteiger partial charge in [0.05, 0.1) is 5.69 Å². The summed E-state index contributed by atoms with van der Waals surface area (Å²) in [5.74, 6) is 0.897. The Morgan fingerprint density at radius 3 is 2.64 bits per heavy atom. The minimum absolute atomic E-state index is 0.0106. The van der Waals surface area contributed by atoms with E-state index in [4.69, 9.17) is 0 Å². The quantitative estimate of drug-likeness (QED) is 0.796. The first kappa shape index (κ1) is 10.6. The van der Waals surface area contributed by atoms with Gasteiger partial charge in [-0.3, -0.25) is 9.78 Å². The zero-order valence-corrected chi connectivity index (χ0v) is 8.74. The number of anilines is 1. The van der Waals surface area contributed by atoms with E-state index in [1.807, 2.05) is 20.8 Å². The maximum absolute atomic E-state index is 11.4. The number of amides is 1. The summed E-state index contributed by atoms with van der Waals surface area (Å²) in [7, 11) is 0. The summed E-state index contributed by atoms with van der Waals surface area (Å²) >= 11 is 0.